The first-order valence-corrected chi connectivity index (χ1v) is 26.8. The summed E-state index contributed by atoms with van der Waals surface area (Å²) in [6.07, 6.45) is 6.19. The molecular formula is C59H46Cl6N2O8. The fraction of sp³-hybridized carbons (Fsp3) is 0.254. The second-order valence-corrected chi connectivity index (χ2v) is 21.7. The monoisotopic (exact) mass is 1120 g/mol. The molecule has 0 radical (unpaired) electrons. The Morgan fingerprint density at radius 1 is 0.547 bits per heavy atom. The van der Waals surface area contributed by atoms with Gasteiger partial charge in [-0.05, 0) is 157 Å². The SMILES string of the molecule is COC(=O)c1cccc(C2CC2c2ccc(OCc3c(-c4c(Cl)cccc4Cl)noc3C3CC3)cc2Cl)c1.O=COc1cccc(C2CC2c2ccc(OCc3c(-c4c(Cl)cccc4Cl)noc3C3CC3)cc2Cl)c1. The van der Waals surface area contributed by atoms with E-state index in [1.807, 2.05) is 72.8 Å². The largest absolute Gasteiger partial charge is 0.489 e. The molecule has 2 heterocycles. The molecular weight excluding hydrogens is 1080 g/mol. The predicted molar refractivity (Wildman–Crippen MR) is 291 cm³/mol. The maximum Gasteiger partial charge on any atom is 0.337 e. The zero-order valence-electron chi connectivity index (χ0n) is 40.2. The lowest BCUT2D eigenvalue weighted by molar-refractivity contribution is -0.120. The summed E-state index contributed by atoms with van der Waals surface area (Å²) in [5, 5.41) is 12.0. The summed E-state index contributed by atoms with van der Waals surface area (Å²) in [6, 6.07) is 37.6. The Labute approximate surface area is 463 Å². The van der Waals surface area contributed by atoms with Gasteiger partial charge in [0.25, 0.3) is 6.47 Å². The number of hydrogen-bond donors (Lipinski definition) is 0. The van der Waals surface area contributed by atoms with Crippen molar-refractivity contribution in [1.29, 1.82) is 0 Å². The van der Waals surface area contributed by atoms with Crippen LogP contribution < -0.4 is 14.2 Å². The Morgan fingerprint density at radius 2 is 1.00 bits per heavy atom. The molecule has 75 heavy (non-hydrogen) atoms. The molecule has 12 rings (SSSR count). The minimum atomic E-state index is -0.332. The fourth-order valence-corrected chi connectivity index (χ4v) is 11.7. The summed E-state index contributed by atoms with van der Waals surface area (Å²) in [5.74, 6) is 5.11. The molecule has 4 aliphatic rings. The molecule has 4 aliphatic carbocycles. The van der Waals surface area contributed by atoms with Crippen LogP contribution in [0.5, 0.6) is 17.2 Å². The van der Waals surface area contributed by atoms with Crippen molar-refractivity contribution in [2.45, 2.75) is 87.2 Å². The van der Waals surface area contributed by atoms with Gasteiger partial charge in [-0.25, -0.2) is 4.79 Å². The van der Waals surface area contributed by atoms with Crippen LogP contribution in [-0.4, -0.2) is 29.9 Å². The van der Waals surface area contributed by atoms with E-state index in [4.69, 9.17) is 97.6 Å². The van der Waals surface area contributed by atoms with Crippen molar-refractivity contribution < 1.29 is 37.6 Å². The van der Waals surface area contributed by atoms with Gasteiger partial charge in [-0.1, -0.05) is 128 Å². The zero-order chi connectivity index (χ0) is 51.9. The number of methoxy groups -OCH3 is 1. The van der Waals surface area contributed by atoms with E-state index in [1.54, 1.807) is 48.5 Å². The van der Waals surface area contributed by atoms with E-state index >= 15 is 0 Å². The molecule has 0 spiro atoms. The van der Waals surface area contributed by atoms with Gasteiger partial charge in [-0.3, -0.25) is 4.79 Å². The molecule has 0 saturated heterocycles. The average molecular weight is 1120 g/mol. The number of aromatic nitrogens is 2. The number of benzene rings is 6. The summed E-state index contributed by atoms with van der Waals surface area (Å²) in [5.41, 5.74) is 9.18. The summed E-state index contributed by atoms with van der Waals surface area (Å²) < 4.78 is 33.7. The van der Waals surface area contributed by atoms with Crippen molar-refractivity contribution in [3.8, 4) is 39.8 Å². The summed E-state index contributed by atoms with van der Waals surface area (Å²) in [7, 11) is 1.39. The second kappa shape index (κ2) is 21.9. The van der Waals surface area contributed by atoms with Gasteiger partial charge in [-0.15, -0.1) is 0 Å². The highest BCUT2D eigenvalue weighted by molar-refractivity contribution is 6.40. The molecule has 4 unspecified atom stereocenters. The maximum atomic E-state index is 11.9. The minimum absolute atomic E-state index is 0.258. The fourth-order valence-electron chi connectivity index (χ4n) is 9.91. The first-order chi connectivity index (χ1) is 36.5. The topological polar surface area (TPSA) is 123 Å². The Bertz CT molecular complexity index is 3420. The number of nitrogens with zero attached hydrogens (tertiary/aromatic N) is 2. The van der Waals surface area contributed by atoms with Crippen LogP contribution in [0.2, 0.25) is 30.1 Å². The van der Waals surface area contributed by atoms with Crippen molar-refractivity contribution in [3.63, 3.8) is 0 Å². The van der Waals surface area contributed by atoms with Crippen LogP contribution in [-0.2, 0) is 22.7 Å². The van der Waals surface area contributed by atoms with Gasteiger partial charge in [0.15, 0.2) is 0 Å². The third-order valence-corrected chi connectivity index (χ3v) is 16.1. The molecule has 2 aromatic heterocycles. The van der Waals surface area contributed by atoms with Crippen molar-refractivity contribution in [3.05, 3.63) is 202 Å². The normalized spacial score (nSPS) is 18.4. The molecule has 8 aromatic rings. The smallest absolute Gasteiger partial charge is 0.337 e. The number of esters is 1. The molecule has 4 atom stereocenters. The van der Waals surface area contributed by atoms with E-state index < -0.39 is 0 Å². The van der Waals surface area contributed by atoms with Crippen LogP contribution in [0.1, 0.15) is 129 Å². The lowest BCUT2D eigenvalue weighted by Crippen LogP contribution is -2.01. The van der Waals surface area contributed by atoms with Crippen LogP contribution >= 0.6 is 69.6 Å². The molecule has 382 valence electrons. The minimum Gasteiger partial charge on any atom is -0.489 e. The number of carbonyl (C=O) groups is 2. The van der Waals surface area contributed by atoms with Crippen LogP contribution in [0, 0.1) is 0 Å². The van der Waals surface area contributed by atoms with Crippen LogP contribution in [0.3, 0.4) is 0 Å². The Kier molecular flexibility index (Phi) is 15.0. The third kappa shape index (κ3) is 11.2. The first-order valence-electron chi connectivity index (χ1n) is 24.6. The van der Waals surface area contributed by atoms with Crippen LogP contribution in [0.15, 0.2) is 130 Å². The van der Waals surface area contributed by atoms with E-state index in [2.05, 4.69) is 10.3 Å². The number of halogens is 6. The van der Waals surface area contributed by atoms with E-state index in [-0.39, 0.29) is 25.1 Å². The van der Waals surface area contributed by atoms with Gasteiger partial charge in [0.2, 0.25) is 0 Å². The van der Waals surface area contributed by atoms with Crippen molar-refractivity contribution in [2.24, 2.45) is 0 Å². The maximum absolute atomic E-state index is 11.9. The van der Waals surface area contributed by atoms with E-state index in [0.29, 0.717) is 112 Å². The number of carbonyl (C=O) groups excluding carboxylic acids is 2. The zero-order valence-corrected chi connectivity index (χ0v) is 44.7. The number of rotatable bonds is 17. The molecule has 4 fully saturated rings. The Hall–Kier alpha value is -5.98. The van der Waals surface area contributed by atoms with Crippen molar-refractivity contribution in [1.82, 2.24) is 10.3 Å². The number of hydrogen-bond acceptors (Lipinski definition) is 10. The molecule has 0 amide bonds. The summed E-state index contributed by atoms with van der Waals surface area (Å²) >= 11 is 39.3. The van der Waals surface area contributed by atoms with Crippen molar-refractivity contribution in [2.75, 3.05) is 7.11 Å². The van der Waals surface area contributed by atoms with Crippen LogP contribution in [0.4, 0.5) is 0 Å². The molecule has 16 heteroatoms. The highest BCUT2D eigenvalue weighted by Gasteiger charge is 2.42. The van der Waals surface area contributed by atoms with Gasteiger partial charge >= 0.3 is 5.97 Å². The highest BCUT2D eigenvalue weighted by atomic mass is 35.5. The van der Waals surface area contributed by atoms with Gasteiger partial charge in [0.1, 0.15) is 53.4 Å². The molecule has 10 nitrogen and oxygen atoms in total. The first kappa shape index (κ1) is 51.1. The molecule has 0 N–H and O–H groups in total. The van der Waals surface area contributed by atoms with E-state index in [1.165, 1.54) is 7.11 Å². The second-order valence-electron chi connectivity index (χ2n) is 19.2. The third-order valence-electron chi connectivity index (χ3n) is 14.2. The molecule has 0 bridgehead atoms. The predicted octanol–water partition coefficient (Wildman–Crippen LogP) is 17.4. The lowest BCUT2D eigenvalue weighted by atomic mass is 10.0. The van der Waals surface area contributed by atoms with E-state index in [9.17, 15) is 9.59 Å². The quantitative estimate of drug-likeness (QED) is 0.0643. The standard InChI is InChI=1S/C30H24Cl3NO4.C29H22Cl3NO4/c1-36-30(35)18-5-2-4-17(12-18)21-14-22(21)20-11-10-19(13-26(20)33)37-15-23-28(34-38-29(23)16-8-9-16)27-24(31)6-3-7-25(27)32;30-24-5-2-6-25(31)27(24)28-23(29(37-33-28)16-7-8-16)14-35-19-9-10-20(26(32)12-19)22-13-21(22)17-3-1-4-18(11-17)36-15-34/h2-7,10-13,16,21-22H,8-9,14-15H2,1H3;1-6,9-12,15-16,21-22H,7-8,13-14H2. The Balaban J connectivity index is 0.000000161. The molecule has 4 saturated carbocycles. The molecule has 6 aromatic carbocycles. The van der Waals surface area contributed by atoms with E-state index in [0.717, 1.165) is 83.4 Å². The summed E-state index contributed by atoms with van der Waals surface area (Å²) in [6.45, 7) is 0.962. The van der Waals surface area contributed by atoms with Crippen LogP contribution in [0.25, 0.3) is 22.5 Å². The Morgan fingerprint density at radius 3 is 1.44 bits per heavy atom. The van der Waals surface area contributed by atoms with Gasteiger partial charge in [-0.2, -0.15) is 0 Å². The van der Waals surface area contributed by atoms with Gasteiger partial charge in [0, 0.05) is 33.0 Å². The van der Waals surface area contributed by atoms with Crippen molar-refractivity contribution >= 4 is 82.0 Å². The van der Waals surface area contributed by atoms with Gasteiger partial charge < -0.3 is 28.0 Å². The van der Waals surface area contributed by atoms with Gasteiger partial charge in [0.05, 0.1) is 43.9 Å². The summed E-state index contributed by atoms with van der Waals surface area (Å²) in [4.78, 5) is 22.6. The number of ether oxygens (including phenoxy) is 4. The lowest BCUT2D eigenvalue weighted by Gasteiger charge is -2.11. The average Bonchev–Trinajstić information content (AvgIpc) is 4.21. The molecule has 0 aliphatic heterocycles. The highest BCUT2D eigenvalue weighted by Crippen LogP contribution is 2.58.